The molecule has 2 saturated heterocycles. The van der Waals surface area contributed by atoms with Gasteiger partial charge in [0.1, 0.15) is 17.4 Å². The van der Waals surface area contributed by atoms with Gasteiger partial charge in [-0.1, -0.05) is 0 Å². The Labute approximate surface area is 202 Å². The molecule has 4 rings (SSSR count). The van der Waals surface area contributed by atoms with Crippen LogP contribution in [-0.2, 0) is 16.1 Å². The standard InChI is InChI=1S/C27H36FN4O2/c1-19-4-3-12-32(20(2)10-15-34-25-6-5-23(28)17-24(19)25)27(33)22-8-13-31(14-9-22)18-21-7-11-30-26(29)16-21/h1,5-7,11,16,20,22,24H,3-4,8-10,12-15,17-18H2,2H3,(H2,29,30)/q+1. The Morgan fingerprint density at radius 1 is 1.26 bits per heavy atom. The van der Waals surface area contributed by atoms with Crippen molar-refractivity contribution in [2.24, 2.45) is 11.8 Å². The van der Waals surface area contributed by atoms with E-state index < -0.39 is 0 Å². The summed E-state index contributed by atoms with van der Waals surface area (Å²) < 4.78 is 19.9. The lowest BCUT2D eigenvalue weighted by atomic mass is 9.88. The van der Waals surface area contributed by atoms with E-state index in [0.717, 1.165) is 62.2 Å². The Morgan fingerprint density at radius 2 is 2.06 bits per heavy atom. The maximum Gasteiger partial charge on any atom is 0.226 e. The molecule has 1 aliphatic carbocycles. The van der Waals surface area contributed by atoms with Crippen LogP contribution in [0.4, 0.5) is 10.2 Å². The molecule has 2 aliphatic heterocycles. The van der Waals surface area contributed by atoms with Crippen LogP contribution in [0.1, 0.15) is 51.0 Å². The summed E-state index contributed by atoms with van der Waals surface area (Å²) in [6, 6.07) is 3.99. The average Bonchev–Trinajstić information content (AvgIpc) is 2.84. The van der Waals surface area contributed by atoms with Crippen LogP contribution in [0, 0.1) is 18.4 Å². The van der Waals surface area contributed by atoms with E-state index in [4.69, 9.17) is 17.0 Å². The van der Waals surface area contributed by atoms with Gasteiger partial charge in [-0.3, -0.25) is 9.69 Å². The molecule has 34 heavy (non-hydrogen) atoms. The maximum atomic E-state index is 13.9. The molecule has 7 heteroatoms. The zero-order valence-corrected chi connectivity index (χ0v) is 20.1. The molecule has 2 atom stereocenters. The summed E-state index contributed by atoms with van der Waals surface area (Å²) in [7, 11) is 0. The number of hydrogen-bond acceptors (Lipinski definition) is 5. The molecular formula is C27H36FN4O2+. The number of amides is 1. The molecule has 0 aromatic carbocycles. The molecule has 3 heterocycles. The minimum absolute atomic E-state index is 0.0390. The molecular weight excluding hydrogens is 431 g/mol. The predicted molar refractivity (Wildman–Crippen MR) is 131 cm³/mol. The zero-order valence-electron chi connectivity index (χ0n) is 20.1. The van der Waals surface area contributed by atoms with Gasteiger partial charge >= 0.3 is 0 Å². The van der Waals surface area contributed by atoms with Crippen molar-refractivity contribution < 1.29 is 13.9 Å². The van der Waals surface area contributed by atoms with Gasteiger partial charge in [-0.25, -0.2) is 9.37 Å². The van der Waals surface area contributed by atoms with Crippen LogP contribution < -0.4 is 5.73 Å². The number of aromatic nitrogens is 1. The molecule has 0 saturated carbocycles. The second kappa shape index (κ2) is 11.1. The number of carbonyl (C=O) groups excluding carboxylic acids is 1. The molecule has 3 aliphatic rings. The van der Waals surface area contributed by atoms with Crippen molar-refractivity contribution in [3.63, 3.8) is 0 Å². The summed E-state index contributed by atoms with van der Waals surface area (Å²) in [4.78, 5) is 22.0. The van der Waals surface area contributed by atoms with Crippen molar-refractivity contribution in [3.8, 4) is 0 Å². The molecule has 1 aromatic heterocycles. The fourth-order valence-corrected chi connectivity index (χ4v) is 5.22. The number of rotatable bonds is 3. The van der Waals surface area contributed by atoms with Crippen LogP contribution in [0.25, 0.3) is 0 Å². The van der Waals surface area contributed by atoms with Gasteiger partial charge in [0.15, 0.2) is 5.57 Å². The number of anilines is 1. The number of fused-ring (bicyclic) bond motifs is 1. The second-order valence-corrected chi connectivity index (χ2v) is 9.77. The first kappa shape index (κ1) is 24.4. The minimum Gasteiger partial charge on any atom is -0.497 e. The lowest BCUT2D eigenvalue weighted by molar-refractivity contribution is -0.139. The molecule has 1 amide bonds. The molecule has 2 N–H and O–H groups in total. The number of halogens is 1. The third-order valence-corrected chi connectivity index (χ3v) is 7.29. The third kappa shape index (κ3) is 6.02. The number of carbonyl (C=O) groups is 1. The van der Waals surface area contributed by atoms with Gasteiger partial charge < -0.3 is 15.4 Å². The number of nitrogens with two attached hydrogens (primary N) is 1. The largest absolute Gasteiger partial charge is 0.497 e. The fraction of sp³-hybridized carbons (Fsp3) is 0.556. The fourth-order valence-electron chi connectivity index (χ4n) is 5.22. The zero-order chi connectivity index (χ0) is 24.1. The van der Waals surface area contributed by atoms with Crippen molar-refractivity contribution in [1.82, 2.24) is 14.8 Å². The minimum atomic E-state index is -0.206. The number of likely N-dealkylation sites (tertiary alicyclic amines) is 1. The summed E-state index contributed by atoms with van der Waals surface area (Å²) in [6.07, 6.45) is 9.06. The van der Waals surface area contributed by atoms with Crippen molar-refractivity contribution in [3.05, 3.63) is 59.8 Å². The third-order valence-electron chi connectivity index (χ3n) is 7.29. The van der Waals surface area contributed by atoms with Crippen molar-refractivity contribution in [2.75, 3.05) is 32.0 Å². The van der Waals surface area contributed by atoms with E-state index in [2.05, 4.69) is 16.8 Å². The smallest absolute Gasteiger partial charge is 0.226 e. The molecule has 0 spiro atoms. The number of nitrogen functional groups attached to an aromatic ring is 1. The van der Waals surface area contributed by atoms with E-state index in [1.54, 1.807) is 12.3 Å². The summed E-state index contributed by atoms with van der Waals surface area (Å²) in [5.41, 5.74) is 7.69. The van der Waals surface area contributed by atoms with Crippen molar-refractivity contribution in [1.29, 1.82) is 0 Å². The Hall–Kier alpha value is -2.76. The first-order valence-electron chi connectivity index (χ1n) is 12.4. The summed E-state index contributed by atoms with van der Waals surface area (Å²) >= 11 is 0. The number of pyridine rings is 1. The Kier molecular flexibility index (Phi) is 7.96. The van der Waals surface area contributed by atoms with Crippen molar-refractivity contribution in [2.45, 2.75) is 58.0 Å². The van der Waals surface area contributed by atoms with Crippen LogP contribution in [0.3, 0.4) is 0 Å². The Morgan fingerprint density at radius 3 is 2.82 bits per heavy atom. The van der Waals surface area contributed by atoms with Gasteiger partial charge in [-0.2, -0.15) is 0 Å². The second-order valence-electron chi connectivity index (χ2n) is 9.77. The predicted octanol–water partition coefficient (Wildman–Crippen LogP) is 4.41. The summed E-state index contributed by atoms with van der Waals surface area (Å²) in [5, 5.41) is 0. The number of piperidine rings is 1. The highest BCUT2D eigenvalue weighted by molar-refractivity contribution is 5.79. The summed E-state index contributed by atoms with van der Waals surface area (Å²) in [6.45, 7) is 12.2. The Bertz CT molecular complexity index is 952. The number of allylic oxidation sites excluding steroid dienone is 4. The van der Waals surface area contributed by atoms with E-state index in [9.17, 15) is 9.18 Å². The normalized spacial score (nSPS) is 25.4. The first-order chi connectivity index (χ1) is 16.4. The van der Waals surface area contributed by atoms with Gasteiger partial charge in [-0.05, 0) is 69.1 Å². The molecule has 182 valence electrons. The van der Waals surface area contributed by atoms with Crippen LogP contribution in [0.2, 0.25) is 0 Å². The SMILES string of the molecule is [CH+]=C1CCCN(C(=O)C2CCN(Cc3ccnc(N)c3)CC2)C(C)CCOC2=CC=C(F)CC12. The first-order valence-corrected chi connectivity index (χ1v) is 12.4. The number of hydrogen-bond donors (Lipinski definition) is 1. The van der Waals surface area contributed by atoms with Crippen LogP contribution in [0.5, 0.6) is 0 Å². The topological polar surface area (TPSA) is 71.7 Å². The van der Waals surface area contributed by atoms with Gasteiger partial charge in [0, 0.05) is 50.5 Å². The van der Waals surface area contributed by atoms with E-state index in [0.29, 0.717) is 25.4 Å². The van der Waals surface area contributed by atoms with E-state index in [1.807, 2.05) is 17.0 Å². The monoisotopic (exact) mass is 467 g/mol. The number of nitrogens with zero attached hydrogens (tertiary/aromatic N) is 3. The molecule has 2 fully saturated rings. The van der Waals surface area contributed by atoms with Crippen molar-refractivity contribution >= 4 is 11.7 Å². The lowest BCUT2D eigenvalue weighted by Gasteiger charge is -2.36. The molecule has 1 aromatic rings. The van der Waals surface area contributed by atoms with Gasteiger partial charge in [-0.15, -0.1) is 0 Å². The van der Waals surface area contributed by atoms with Gasteiger partial charge in [0.2, 0.25) is 12.5 Å². The van der Waals surface area contributed by atoms with Crippen LogP contribution in [-0.4, -0.2) is 53.0 Å². The highest BCUT2D eigenvalue weighted by Crippen LogP contribution is 2.34. The van der Waals surface area contributed by atoms with E-state index in [-0.39, 0.29) is 36.0 Å². The van der Waals surface area contributed by atoms with Crippen LogP contribution in [0.15, 0.2) is 47.6 Å². The van der Waals surface area contributed by atoms with E-state index >= 15 is 0 Å². The van der Waals surface area contributed by atoms with E-state index in [1.165, 1.54) is 6.08 Å². The Balaban J connectivity index is 1.34. The molecule has 0 bridgehead atoms. The van der Waals surface area contributed by atoms with Crippen LogP contribution >= 0.6 is 0 Å². The average molecular weight is 468 g/mol. The van der Waals surface area contributed by atoms with Gasteiger partial charge in [0.05, 0.1) is 12.5 Å². The maximum absolute atomic E-state index is 13.9. The molecule has 0 radical (unpaired) electrons. The molecule has 6 nitrogen and oxygen atoms in total. The summed E-state index contributed by atoms with van der Waals surface area (Å²) in [5.74, 6) is 1.19. The quantitative estimate of drug-likeness (QED) is 0.667. The molecule has 2 unspecified atom stereocenters. The highest BCUT2D eigenvalue weighted by atomic mass is 19.1. The lowest BCUT2D eigenvalue weighted by Crippen LogP contribution is -2.46. The number of ether oxygens (including phenoxy) is 1. The van der Waals surface area contributed by atoms with Gasteiger partial charge in [0.25, 0.3) is 0 Å². The highest BCUT2D eigenvalue weighted by Gasteiger charge is 2.33.